The van der Waals surface area contributed by atoms with Gasteiger partial charge in [0.15, 0.2) is 0 Å². The molecule has 2 amide bonds. The highest BCUT2D eigenvalue weighted by atomic mass is 79.9. The summed E-state index contributed by atoms with van der Waals surface area (Å²) in [6.45, 7) is 1.74. The van der Waals surface area contributed by atoms with E-state index in [1.54, 1.807) is 26.1 Å². The highest BCUT2D eigenvalue weighted by Gasteiger charge is 2.18. The Balaban J connectivity index is 2.02. The van der Waals surface area contributed by atoms with Gasteiger partial charge < -0.3 is 5.32 Å². The van der Waals surface area contributed by atoms with Crippen molar-refractivity contribution in [1.29, 1.82) is 0 Å². The predicted octanol–water partition coefficient (Wildman–Crippen LogP) is 2.39. The Morgan fingerprint density at radius 3 is 2.55 bits per heavy atom. The first-order valence-corrected chi connectivity index (χ1v) is 7.91. The van der Waals surface area contributed by atoms with Crippen LogP contribution in [0.25, 0.3) is 0 Å². The van der Waals surface area contributed by atoms with Crippen molar-refractivity contribution < 1.29 is 9.59 Å². The molecule has 6 nitrogen and oxygen atoms in total. The number of aromatic nitrogens is 1. The van der Waals surface area contributed by atoms with Crippen molar-refractivity contribution in [3.05, 3.63) is 32.1 Å². The lowest BCUT2D eigenvalue weighted by atomic mass is 10.2. The van der Waals surface area contributed by atoms with Gasteiger partial charge >= 0.3 is 0 Å². The number of hydrazine groups is 1. The van der Waals surface area contributed by atoms with Gasteiger partial charge in [0.1, 0.15) is 5.00 Å². The van der Waals surface area contributed by atoms with Crippen LogP contribution in [0.15, 0.2) is 15.9 Å². The van der Waals surface area contributed by atoms with Crippen molar-refractivity contribution in [3.63, 3.8) is 0 Å². The summed E-state index contributed by atoms with van der Waals surface area (Å²) in [5, 5.41) is 3.56. The molecule has 0 saturated heterocycles. The molecule has 0 spiro atoms. The molecule has 0 fully saturated rings. The van der Waals surface area contributed by atoms with E-state index in [0.717, 1.165) is 3.79 Å². The molecule has 9 heteroatoms. The number of aryl methyl sites for hydroxylation is 1. The Hall–Kier alpha value is -1.45. The average Bonchev–Trinajstić information content (AvgIpc) is 3.01. The van der Waals surface area contributed by atoms with Gasteiger partial charge in [-0.25, -0.2) is 0 Å². The van der Waals surface area contributed by atoms with Crippen LogP contribution in [0.4, 0.5) is 5.00 Å². The zero-order valence-electron chi connectivity index (χ0n) is 10.6. The van der Waals surface area contributed by atoms with Crippen molar-refractivity contribution in [2.75, 3.05) is 12.4 Å². The zero-order valence-corrected chi connectivity index (χ0v) is 13.8. The lowest BCUT2D eigenvalue weighted by molar-refractivity contribution is 0.0849. The molecule has 2 rings (SSSR count). The van der Waals surface area contributed by atoms with Crippen LogP contribution in [-0.2, 0) is 0 Å². The van der Waals surface area contributed by atoms with Gasteiger partial charge in [-0.1, -0.05) is 0 Å². The van der Waals surface area contributed by atoms with Crippen molar-refractivity contribution in [2.24, 2.45) is 0 Å². The Labute approximate surface area is 131 Å². The largest absolute Gasteiger partial charge is 0.378 e. The minimum Gasteiger partial charge on any atom is -0.378 e. The van der Waals surface area contributed by atoms with Gasteiger partial charge in [-0.05, 0) is 46.5 Å². The summed E-state index contributed by atoms with van der Waals surface area (Å²) < 4.78 is 4.95. The van der Waals surface area contributed by atoms with Gasteiger partial charge in [-0.2, -0.15) is 4.37 Å². The van der Waals surface area contributed by atoms with Crippen LogP contribution < -0.4 is 16.2 Å². The summed E-state index contributed by atoms with van der Waals surface area (Å²) >= 11 is 5.76. The number of hydrogen-bond donors (Lipinski definition) is 3. The molecule has 2 aromatic rings. The van der Waals surface area contributed by atoms with E-state index in [4.69, 9.17) is 0 Å². The molecular weight excluding hydrogens is 364 g/mol. The minimum atomic E-state index is -0.399. The number of rotatable bonds is 3. The Bertz CT molecular complexity index is 653. The summed E-state index contributed by atoms with van der Waals surface area (Å²) in [5.41, 5.74) is 5.82. The highest BCUT2D eigenvalue weighted by Crippen LogP contribution is 2.24. The number of anilines is 1. The van der Waals surface area contributed by atoms with Crippen LogP contribution >= 0.6 is 38.8 Å². The number of nitrogens with one attached hydrogen (secondary N) is 3. The maximum atomic E-state index is 12.0. The van der Waals surface area contributed by atoms with Crippen molar-refractivity contribution in [2.45, 2.75) is 6.92 Å². The van der Waals surface area contributed by atoms with Crippen LogP contribution in [0.3, 0.4) is 0 Å². The second-order valence-corrected chi connectivity index (χ2v) is 6.97. The maximum Gasteiger partial charge on any atom is 0.279 e. The number of carbonyl (C=O) groups is 2. The molecule has 20 heavy (non-hydrogen) atoms. The van der Waals surface area contributed by atoms with Crippen molar-refractivity contribution in [3.8, 4) is 0 Å². The third-order valence-electron chi connectivity index (χ3n) is 2.40. The first-order chi connectivity index (χ1) is 9.52. The fourth-order valence-electron chi connectivity index (χ4n) is 1.48. The number of nitrogens with zero attached hydrogens (tertiary/aromatic N) is 1. The van der Waals surface area contributed by atoms with E-state index in [-0.39, 0.29) is 5.91 Å². The summed E-state index contributed by atoms with van der Waals surface area (Å²) in [6, 6.07) is 3.44. The second kappa shape index (κ2) is 6.33. The number of carbonyl (C=O) groups excluding carboxylic acids is 2. The topological polar surface area (TPSA) is 83.1 Å². The molecule has 0 atom stereocenters. The monoisotopic (exact) mass is 374 g/mol. The molecule has 2 heterocycles. The SMILES string of the molecule is CNc1snc(C)c1C(=O)NNC(=O)c1ccc(Br)s1. The van der Waals surface area contributed by atoms with Crippen LogP contribution in [-0.4, -0.2) is 23.2 Å². The predicted molar refractivity (Wildman–Crippen MR) is 83.3 cm³/mol. The molecule has 0 aliphatic heterocycles. The maximum absolute atomic E-state index is 12.0. The molecule has 106 valence electrons. The normalized spacial score (nSPS) is 10.2. The smallest absolute Gasteiger partial charge is 0.279 e. The molecule has 0 unspecified atom stereocenters. The summed E-state index contributed by atoms with van der Waals surface area (Å²) in [4.78, 5) is 24.4. The fraction of sp³-hybridized carbons (Fsp3) is 0.182. The number of halogens is 1. The van der Waals surface area contributed by atoms with Crippen LogP contribution in [0.1, 0.15) is 25.7 Å². The van der Waals surface area contributed by atoms with Gasteiger partial charge in [0.25, 0.3) is 11.8 Å². The molecular formula is C11H11BrN4O2S2. The first-order valence-electron chi connectivity index (χ1n) is 5.53. The van der Waals surface area contributed by atoms with Gasteiger partial charge in [-0.3, -0.25) is 20.4 Å². The Morgan fingerprint density at radius 2 is 1.95 bits per heavy atom. The molecule has 0 aliphatic rings. The minimum absolute atomic E-state index is 0.360. The highest BCUT2D eigenvalue weighted by molar-refractivity contribution is 9.11. The van der Waals surface area contributed by atoms with E-state index in [2.05, 4.69) is 36.5 Å². The number of amides is 2. The summed E-state index contributed by atoms with van der Waals surface area (Å²) in [7, 11) is 1.71. The quantitative estimate of drug-likeness (QED) is 0.720. The van der Waals surface area contributed by atoms with Crippen molar-refractivity contribution in [1.82, 2.24) is 15.2 Å². The third kappa shape index (κ3) is 3.17. The van der Waals surface area contributed by atoms with Gasteiger partial charge in [0.05, 0.1) is 19.9 Å². The summed E-state index contributed by atoms with van der Waals surface area (Å²) in [5.74, 6) is -0.759. The van der Waals surface area contributed by atoms with E-state index in [0.29, 0.717) is 21.1 Å². The molecule has 0 aromatic carbocycles. The molecule has 3 N–H and O–H groups in total. The van der Waals surface area contributed by atoms with Gasteiger partial charge in [0, 0.05) is 7.05 Å². The number of thiophene rings is 1. The third-order valence-corrected chi connectivity index (χ3v) is 4.98. The van der Waals surface area contributed by atoms with E-state index in [1.807, 2.05) is 0 Å². The van der Waals surface area contributed by atoms with E-state index >= 15 is 0 Å². The van der Waals surface area contributed by atoms with Crippen LogP contribution in [0, 0.1) is 6.92 Å². The first kappa shape index (κ1) is 14.9. The molecule has 0 aliphatic carbocycles. The van der Waals surface area contributed by atoms with Crippen molar-refractivity contribution >= 4 is 55.6 Å². The second-order valence-electron chi connectivity index (χ2n) is 3.73. The molecule has 2 aromatic heterocycles. The molecule has 0 saturated carbocycles. The van der Waals surface area contributed by atoms with Crippen LogP contribution in [0.5, 0.6) is 0 Å². The van der Waals surface area contributed by atoms with Crippen LogP contribution in [0.2, 0.25) is 0 Å². The summed E-state index contributed by atoms with van der Waals surface area (Å²) in [6.07, 6.45) is 0. The standard InChI is InChI=1S/C11H11BrN4O2S2/c1-5-8(11(13-2)20-16-5)10(18)15-14-9(17)6-3-4-7(12)19-6/h3-4,13H,1-2H3,(H,14,17)(H,15,18). The van der Waals surface area contributed by atoms with E-state index in [9.17, 15) is 9.59 Å². The molecule has 0 bridgehead atoms. The Morgan fingerprint density at radius 1 is 1.25 bits per heavy atom. The van der Waals surface area contributed by atoms with Gasteiger partial charge in [0.2, 0.25) is 0 Å². The Kier molecular flexibility index (Phi) is 4.73. The average molecular weight is 375 g/mol. The van der Waals surface area contributed by atoms with Gasteiger partial charge in [-0.15, -0.1) is 11.3 Å². The lowest BCUT2D eigenvalue weighted by Gasteiger charge is -2.07. The number of hydrogen-bond acceptors (Lipinski definition) is 6. The lowest BCUT2D eigenvalue weighted by Crippen LogP contribution is -2.41. The van der Waals surface area contributed by atoms with E-state index < -0.39 is 5.91 Å². The fourth-order valence-corrected chi connectivity index (χ4v) is 3.51. The van der Waals surface area contributed by atoms with E-state index in [1.165, 1.54) is 22.9 Å². The molecule has 0 radical (unpaired) electrons. The zero-order chi connectivity index (χ0) is 14.7.